The molecule has 0 saturated carbocycles. The average Bonchev–Trinajstić information content (AvgIpc) is 3.11. The number of nitrogens with one attached hydrogen (secondary N) is 1. The van der Waals surface area contributed by atoms with Crippen LogP contribution in [-0.4, -0.2) is 15.8 Å². The summed E-state index contributed by atoms with van der Waals surface area (Å²) in [4.78, 5) is 21.7. The second-order valence-electron chi connectivity index (χ2n) is 6.49. The van der Waals surface area contributed by atoms with E-state index in [1.54, 1.807) is 6.26 Å². The minimum atomic E-state index is 0.0384. The lowest BCUT2D eigenvalue weighted by molar-refractivity contribution is 0.0958. The van der Waals surface area contributed by atoms with Gasteiger partial charge >= 0.3 is 0 Å². The summed E-state index contributed by atoms with van der Waals surface area (Å²) in [5.41, 5.74) is 4.30. The highest BCUT2D eigenvalue weighted by molar-refractivity contribution is 5.99. The van der Waals surface area contributed by atoms with Crippen LogP contribution < -0.4 is 5.32 Å². The predicted octanol–water partition coefficient (Wildman–Crippen LogP) is 4.34. The summed E-state index contributed by atoms with van der Waals surface area (Å²) < 4.78 is 5.49. The summed E-state index contributed by atoms with van der Waals surface area (Å²) in [6, 6.07) is 11.8. The van der Waals surface area contributed by atoms with E-state index >= 15 is 0 Å². The van der Waals surface area contributed by atoms with Crippen molar-refractivity contribution in [3.8, 4) is 0 Å². The van der Waals surface area contributed by atoms with Gasteiger partial charge in [0.2, 0.25) is 5.95 Å². The van der Waals surface area contributed by atoms with Gasteiger partial charge in [-0.2, -0.15) is 0 Å². The van der Waals surface area contributed by atoms with Crippen molar-refractivity contribution in [2.45, 2.75) is 32.6 Å². The molecule has 2 heterocycles. The van der Waals surface area contributed by atoms with Crippen molar-refractivity contribution in [2.75, 3.05) is 5.32 Å². The van der Waals surface area contributed by atoms with Crippen molar-refractivity contribution in [2.24, 2.45) is 0 Å². The third-order valence-corrected chi connectivity index (χ3v) is 4.57. The maximum atomic E-state index is 12.6. The highest BCUT2D eigenvalue weighted by Gasteiger charge is 2.31. The fraction of sp³-hybridized carbons (Fsp3) is 0.250. The van der Waals surface area contributed by atoms with Gasteiger partial charge in [0.05, 0.1) is 23.2 Å². The van der Waals surface area contributed by atoms with Gasteiger partial charge in [-0.15, -0.1) is 0 Å². The summed E-state index contributed by atoms with van der Waals surface area (Å²) in [5, 5.41) is 3.23. The number of hydrogen-bond acceptors (Lipinski definition) is 5. The molecule has 0 saturated heterocycles. The fourth-order valence-electron chi connectivity index (χ4n) is 3.32. The maximum Gasteiger partial charge on any atom is 0.227 e. The number of nitrogens with zero attached hydrogens (tertiary/aromatic N) is 2. The Morgan fingerprint density at radius 1 is 1.08 bits per heavy atom. The normalized spacial score (nSPS) is 16.6. The first-order chi connectivity index (χ1) is 12.1. The Labute approximate surface area is 146 Å². The lowest BCUT2D eigenvalue weighted by Gasteiger charge is -2.23. The van der Waals surface area contributed by atoms with Gasteiger partial charge in [-0.25, -0.2) is 9.97 Å². The summed E-state index contributed by atoms with van der Waals surface area (Å²) in [6.45, 7) is 3.91. The van der Waals surface area contributed by atoms with E-state index in [1.807, 2.05) is 50.2 Å². The molecule has 0 radical (unpaired) electrons. The first kappa shape index (κ1) is 15.6. The maximum absolute atomic E-state index is 12.6. The molecule has 3 aromatic rings. The van der Waals surface area contributed by atoms with Crippen LogP contribution in [0.4, 0.5) is 11.6 Å². The number of carbonyl (C=O) groups excluding carboxylic acids is 1. The van der Waals surface area contributed by atoms with Crippen LogP contribution >= 0.6 is 0 Å². The highest BCUT2D eigenvalue weighted by Crippen LogP contribution is 2.33. The lowest BCUT2D eigenvalue weighted by Crippen LogP contribution is -2.22. The molecule has 5 nitrogen and oxygen atoms in total. The van der Waals surface area contributed by atoms with Gasteiger partial charge in [-0.3, -0.25) is 4.79 Å². The molecule has 0 spiro atoms. The number of hydrogen-bond donors (Lipinski definition) is 1. The minimum absolute atomic E-state index is 0.0384. The molecule has 4 rings (SSSR count). The van der Waals surface area contributed by atoms with Crippen LogP contribution in [0, 0.1) is 13.8 Å². The molecule has 126 valence electrons. The second-order valence-corrected chi connectivity index (χ2v) is 6.49. The zero-order valence-corrected chi connectivity index (χ0v) is 14.2. The van der Waals surface area contributed by atoms with Gasteiger partial charge in [0.15, 0.2) is 5.78 Å². The van der Waals surface area contributed by atoms with Crippen molar-refractivity contribution in [3.63, 3.8) is 0 Å². The highest BCUT2D eigenvalue weighted by atomic mass is 16.3. The van der Waals surface area contributed by atoms with Gasteiger partial charge in [-0.05, 0) is 38.1 Å². The van der Waals surface area contributed by atoms with Crippen LogP contribution in [0.5, 0.6) is 0 Å². The van der Waals surface area contributed by atoms with Crippen LogP contribution in [0.1, 0.15) is 45.4 Å². The van der Waals surface area contributed by atoms with E-state index in [1.165, 1.54) is 5.56 Å². The van der Waals surface area contributed by atoms with Crippen molar-refractivity contribution >= 4 is 17.4 Å². The molecule has 2 aromatic heterocycles. The van der Waals surface area contributed by atoms with Gasteiger partial charge in [0.25, 0.3) is 0 Å². The number of benzene rings is 1. The summed E-state index contributed by atoms with van der Waals surface area (Å²) >= 11 is 0. The molecule has 1 aromatic carbocycles. The smallest absolute Gasteiger partial charge is 0.227 e. The molecular weight excluding hydrogens is 314 g/mol. The Balaban J connectivity index is 1.66. The van der Waals surface area contributed by atoms with Crippen LogP contribution in [-0.2, 0) is 6.42 Å². The van der Waals surface area contributed by atoms with Gasteiger partial charge in [0, 0.05) is 24.4 Å². The van der Waals surface area contributed by atoms with Crippen molar-refractivity contribution in [3.05, 3.63) is 70.9 Å². The molecule has 0 bridgehead atoms. The van der Waals surface area contributed by atoms with Crippen LogP contribution in [0.2, 0.25) is 0 Å². The molecule has 25 heavy (non-hydrogen) atoms. The molecule has 1 aliphatic rings. The topological polar surface area (TPSA) is 68.0 Å². The van der Waals surface area contributed by atoms with Gasteiger partial charge in [-0.1, -0.05) is 17.7 Å². The van der Waals surface area contributed by atoms with E-state index in [0.29, 0.717) is 24.4 Å². The first-order valence-corrected chi connectivity index (χ1v) is 8.38. The van der Waals surface area contributed by atoms with Gasteiger partial charge in [0.1, 0.15) is 5.76 Å². The van der Waals surface area contributed by atoms with Gasteiger partial charge < -0.3 is 9.73 Å². The average molecular weight is 333 g/mol. The molecular formula is C20H19N3O2. The number of furan rings is 1. The van der Waals surface area contributed by atoms with Crippen molar-refractivity contribution in [1.29, 1.82) is 0 Å². The van der Waals surface area contributed by atoms with E-state index in [0.717, 1.165) is 22.8 Å². The molecule has 0 fully saturated rings. The standard InChI is InChI=1S/C20H19N3O2/c1-12-5-7-15(8-6-12)22-20-21-13(2)19-16(23-20)10-14(11-17(19)24)18-4-3-9-25-18/h3-9,14H,10-11H2,1-2H3,(H,21,22,23)/t14-/m0/s1. The number of Topliss-reactive ketones (excluding diaryl/α,β-unsaturated/α-hetero) is 1. The van der Waals surface area contributed by atoms with E-state index in [4.69, 9.17) is 4.42 Å². The predicted molar refractivity (Wildman–Crippen MR) is 95.3 cm³/mol. The zero-order valence-electron chi connectivity index (χ0n) is 14.2. The van der Waals surface area contributed by atoms with E-state index in [9.17, 15) is 4.79 Å². The Bertz CT molecular complexity index is 915. The number of rotatable bonds is 3. The van der Waals surface area contributed by atoms with Crippen LogP contribution in [0.15, 0.2) is 47.1 Å². The number of anilines is 2. The van der Waals surface area contributed by atoms with E-state index in [2.05, 4.69) is 15.3 Å². The van der Waals surface area contributed by atoms with Crippen molar-refractivity contribution in [1.82, 2.24) is 9.97 Å². The van der Waals surface area contributed by atoms with Crippen molar-refractivity contribution < 1.29 is 9.21 Å². The Morgan fingerprint density at radius 3 is 2.60 bits per heavy atom. The SMILES string of the molecule is Cc1ccc(Nc2nc(C)c3c(n2)C[C@H](c2ccco2)CC3=O)cc1. The summed E-state index contributed by atoms with van der Waals surface area (Å²) in [6.07, 6.45) is 2.76. The van der Waals surface area contributed by atoms with Crippen LogP contribution in [0.3, 0.4) is 0 Å². The minimum Gasteiger partial charge on any atom is -0.469 e. The van der Waals surface area contributed by atoms with E-state index in [-0.39, 0.29) is 11.7 Å². The summed E-state index contributed by atoms with van der Waals surface area (Å²) in [5.74, 6) is 1.48. The number of aromatic nitrogens is 2. The molecule has 1 aliphatic carbocycles. The number of ketones is 1. The molecule has 0 aliphatic heterocycles. The number of fused-ring (bicyclic) bond motifs is 1. The third-order valence-electron chi connectivity index (χ3n) is 4.57. The lowest BCUT2D eigenvalue weighted by atomic mass is 9.84. The molecule has 1 N–H and O–H groups in total. The molecule has 0 amide bonds. The fourth-order valence-corrected chi connectivity index (χ4v) is 3.32. The second kappa shape index (κ2) is 6.16. The quantitative estimate of drug-likeness (QED) is 0.772. The third kappa shape index (κ3) is 3.05. The largest absolute Gasteiger partial charge is 0.469 e. The summed E-state index contributed by atoms with van der Waals surface area (Å²) in [7, 11) is 0. The zero-order chi connectivity index (χ0) is 17.4. The number of aryl methyl sites for hydroxylation is 2. The molecule has 5 heteroatoms. The molecule has 1 atom stereocenters. The Hall–Kier alpha value is -2.95. The first-order valence-electron chi connectivity index (χ1n) is 8.38. The number of carbonyl (C=O) groups is 1. The van der Waals surface area contributed by atoms with Crippen LogP contribution in [0.25, 0.3) is 0 Å². The monoisotopic (exact) mass is 333 g/mol. The Kier molecular flexibility index (Phi) is 3.84. The van der Waals surface area contributed by atoms with E-state index < -0.39 is 0 Å². The Morgan fingerprint density at radius 2 is 1.88 bits per heavy atom. The molecule has 0 unspecified atom stereocenters.